The number of hydrogen-bond acceptors (Lipinski definition) is 3. The molecule has 1 aromatic heterocycles. The molecule has 0 aliphatic carbocycles. The molecule has 0 radical (unpaired) electrons. The van der Waals surface area contributed by atoms with Crippen LogP contribution < -0.4 is 10.1 Å². The monoisotopic (exact) mass is 287 g/mol. The Kier molecular flexibility index (Phi) is 3.57. The zero-order valence-electron chi connectivity index (χ0n) is 12.3. The minimum atomic E-state index is -0.0527. The predicted octanol–water partition coefficient (Wildman–Crippen LogP) is 4.06. The number of nitrogens with one attached hydrogen (secondary N) is 1. The molecule has 0 atom stereocenters. The van der Waals surface area contributed by atoms with Crippen molar-refractivity contribution in [2.45, 2.75) is 45.9 Å². The second-order valence-corrected chi connectivity index (χ2v) is 7.47. The van der Waals surface area contributed by atoms with Gasteiger partial charge in [0.1, 0.15) is 11.4 Å². The molecule has 1 aliphatic rings. The molecule has 0 unspecified atom stereocenters. The molecule has 3 heteroatoms. The van der Waals surface area contributed by atoms with Gasteiger partial charge < -0.3 is 10.1 Å². The van der Waals surface area contributed by atoms with E-state index in [1.165, 1.54) is 20.9 Å². The van der Waals surface area contributed by atoms with Gasteiger partial charge in [0.2, 0.25) is 0 Å². The maximum absolute atomic E-state index is 5.91. The Bertz CT molecular complexity index is 615. The van der Waals surface area contributed by atoms with E-state index in [-0.39, 0.29) is 5.60 Å². The van der Waals surface area contributed by atoms with Crippen molar-refractivity contribution in [3.63, 3.8) is 0 Å². The third-order valence-corrected chi connectivity index (χ3v) is 4.55. The fraction of sp³-hybridized carbons (Fsp3) is 0.412. The van der Waals surface area contributed by atoms with Gasteiger partial charge >= 0.3 is 0 Å². The third kappa shape index (κ3) is 3.05. The summed E-state index contributed by atoms with van der Waals surface area (Å²) in [6.07, 6.45) is 1.00. The molecule has 2 nitrogen and oxygen atoms in total. The normalized spacial score (nSPS) is 15.9. The van der Waals surface area contributed by atoms with Crippen molar-refractivity contribution in [2.24, 2.45) is 0 Å². The van der Waals surface area contributed by atoms with Crippen LogP contribution in [0.5, 0.6) is 5.75 Å². The summed E-state index contributed by atoms with van der Waals surface area (Å²) in [5.74, 6) is 1.05. The highest BCUT2D eigenvalue weighted by atomic mass is 32.1. The summed E-state index contributed by atoms with van der Waals surface area (Å²) in [6, 6.07) is 10.9. The van der Waals surface area contributed by atoms with E-state index >= 15 is 0 Å². The lowest BCUT2D eigenvalue weighted by atomic mass is 10.0. The van der Waals surface area contributed by atoms with Crippen LogP contribution in [0, 0.1) is 6.92 Å². The van der Waals surface area contributed by atoms with Gasteiger partial charge in [0, 0.05) is 29.3 Å². The van der Waals surface area contributed by atoms with Gasteiger partial charge in [-0.15, -0.1) is 11.3 Å². The maximum atomic E-state index is 5.91. The quantitative estimate of drug-likeness (QED) is 0.915. The number of thiophene rings is 1. The van der Waals surface area contributed by atoms with Crippen LogP contribution in [0.25, 0.3) is 0 Å². The van der Waals surface area contributed by atoms with Gasteiger partial charge in [0.25, 0.3) is 0 Å². The molecule has 0 amide bonds. The van der Waals surface area contributed by atoms with E-state index in [2.05, 4.69) is 56.4 Å². The van der Waals surface area contributed by atoms with E-state index < -0.39 is 0 Å². The summed E-state index contributed by atoms with van der Waals surface area (Å²) >= 11 is 1.86. The van der Waals surface area contributed by atoms with Gasteiger partial charge in [0.15, 0.2) is 0 Å². The Morgan fingerprint density at radius 3 is 2.80 bits per heavy atom. The molecule has 1 aliphatic heterocycles. The summed E-state index contributed by atoms with van der Waals surface area (Å²) in [7, 11) is 0. The first-order valence-electron chi connectivity index (χ1n) is 7.09. The summed E-state index contributed by atoms with van der Waals surface area (Å²) < 4.78 is 5.91. The van der Waals surface area contributed by atoms with Crippen LogP contribution >= 0.6 is 11.3 Å². The van der Waals surface area contributed by atoms with Crippen LogP contribution in [0.15, 0.2) is 30.3 Å². The lowest BCUT2D eigenvalue weighted by Crippen LogP contribution is -2.24. The van der Waals surface area contributed by atoms with Gasteiger partial charge in [-0.3, -0.25) is 0 Å². The van der Waals surface area contributed by atoms with Crippen LogP contribution in [0.2, 0.25) is 0 Å². The smallest absolute Gasteiger partial charge is 0.123 e. The molecule has 2 heterocycles. The number of rotatable bonds is 4. The van der Waals surface area contributed by atoms with Gasteiger partial charge in [-0.05, 0) is 50.1 Å². The highest BCUT2D eigenvalue weighted by Crippen LogP contribution is 2.35. The van der Waals surface area contributed by atoms with Gasteiger partial charge in [-0.1, -0.05) is 12.1 Å². The summed E-state index contributed by atoms with van der Waals surface area (Å²) in [5.41, 5.74) is 2.61. The third-order valence-electron chi connectivity index (χ3n) is 3.55. The molecule has 0 bridgehead atoms. The molecule has 2 aromatic rings. The lowest BCUT2D eigenvalue weighted by Gasteiger charge is -2.16. The fourth-order valence-corrected chi connectivity index (χ4v) is 3.54. The molecule has 106 valence electrons. The first-order chi connectivity index (χ1) is 9.52. The molecule has 3 rings (SSSR count). The molecule has 20 heavy (non-hydrogen) atoms. The second-order valence-electron chi connectivity index (χ2n) is 6.10. The predicted molar refractivity (Wildman–Crippen MR) is 84.5 cm³/mol. The lowest BCUT2D eigenvalue weighted by molar-refractivity contribution is 0.138. The van der Waals surface area contributed by atoms with Crippen molar-refractivity contribution >= 4 is 11.3 Å². The number of fused-ring (bicyclic) bond motifs is 1. The minimum absolute atomic E-state index is 0.0527. The highest BCUT2D eigenvalue weighted by Gasteiger charge is 2.29. The Morgan fingerprint density at radius 2 is 2.05 bits per heavy atom. The molecule has 0 saturated carbocycles. The van der Waals surface area contributed by atoms with Gasteiger partial charge in [0.05, 0.1) is 0 Å². The Morgan fingerprint density at radius 1 is 1.20 bits per heavy atom. The summed E-state index contributed by atoms with van der Waals surface area (Å²) in [4.78, 5) is 2.77. The summed E-state index contributed by atoms with van der Waals surface area (Å²) in [6.45, 7) is 8.28. The first-order valence-corrected chi connectivity index (χ1v) is 7.90. The average molecular weight is 287 g/mol. The molecule has 1 N–H and O–H groups in total. The van der Waals surface area contributed by atoms with E-state index in [9.17, 15) is 0 Å². The topological polar surface area (TPSA) is 21.3 Å². The van der Waals surface area contributed by atoms with Crippen molar-refractivity contribution in [1.29, 1.82) is 0 Å². The van der Waals surface area contributed by atoms with Crippen LogP contribution in [0.4, 0.5) is 0 Å². The number of aryl methyl sites for hydroxylation is 1. The summed E-state index contributed by atoms with van der Waals surface area (Å²) in [5, 5.41) is 3.51. The van der Waals surface area contributed by atoms with Crippen LogP contribution in [0.3, 0.4) is 0 Å². The van der Waals surface area contributed by atoms with Crippen molar-refractivity contribution in [3.8, 4) is 5.75 Å². The van der Waals surface area contributed by atoms with Crippen LogP contribution in [-0.4, -0.2) is 5.60 Å². The maximum Gasteiger partial charge on any atom is 0.123 e. The number of hydrogen-bond donors (Lipinski definition) is 1. The SMILES string of the molecule is Cc1ccc(CNCc2ccc3c(c2)CC(C)(C)O3)s1. The molecule has 0 spiro atoms. The van der Waals surface area contributed by atoms with Crippen molar-refractivity contribution in [3.05, 3.63) is 51.2 Å². The zero-order chi connectivity index (χ0) is 14.2. The molecule has 0 saturated heterocycles. The molecule has 0 fully saturated rings. The first kappa shape index (κ1) is 13.7. The van der Waals surface area contributed by atoms with Crippen LogP contribution in [0.1, 0.15) is 34.7 Å². The highest BCUT2D eigenvalue weighted by molar-refractivity contribution is 7.11. The fourth-order valence-electron chi connectivity index (χ4n) is 2.68. The van der Waals surface area contributed by atoms with Crippen molar-refractivity contribution in [2.75, 3.05) is 0 Å². The minimum Gasteiger partial charge on any atom is -0.487 e. The van der Waals surface area contributed by atoms with E-state index in [1.54, 1.807) is 0 Å². The second kappa shape index (κ2) is 5.23. The molecular formula is C17H21NOS. The van der Waals surface area contributed by atoms with E-state index in [0.29, 0.717) is 0 Å². The Hall–Kier alpha value is -1.32. The van der Waals surface area contributed by atoms with E-state index in [1.807, 2.05) is 11.3 Å². The molecule has 1 aromatic carbocycles. The number of benzene rings is 1. The average Bonchev–Trinajstić information content (AvgIpc) is 2.90. The van der Waals surface area contributed by atoms with Crippen molar-refractivity contribution in [1.82, 2.24) is 5.32 Å². The zero-order valence-corrected chi connectivity index (χ0v) is 13.1. The molecular weight excluding hydrogens is 266 g/mol. The van der Waals surface area contributed by atoms with Crippen molar-refractivity contribution < 1.29 is 4.74 Å². The Labute approximate surface area is 124 Å². The Balaban J connectivity index is 1.59. The standard InChI is InChI=1S/C17H21NOS/c1-12-4-6-15(20-12)11-18-10-13-5-7-16-14(8-13)9-17(2,3)19-16/h4-8,18H,9-11H2,1-3H3. The largest absolute Gasteiger partial charge is 0.487 e. The van der Waals surface area contributed by atoms with Crippen LogP contribution in [-0.2, 0) is 19.5 Å². The van der Waals surface area contributed by atoms with Gasteiger partial charge in [-0.2, -0.15) is 0 Å². The van der Waals surface area contributed by atoms with E-state index in [0.717, 1.165) is 25.3 Å². The van der Waals surface area contributed by atoms with E-state index in [4.69, 9.17) is 4.74 Å². The number of ether oxygens (including phenoxy) is 1. The van der Waals surface area contributed by atoms with Gasteiger partial charge in [-0.25, -0.2) is 0 Å².